The number of hydrogen-bond acceptors (Lipinski definition) is 2. The molecule has 2 N–H and O–H groups in total. The molecule has 3 nitrogen and oxygen atoms in total. The summed E-state index contributed by atoms with van der Waals surface area (Å²) in [6.45, 7) is 6.77. The highest BCUT2D eigenvalue weighted by molar-refractivity contribution is 5.85. The molecule has 0 aromatic heterocycles. The van der Waals surface area contributed by atoms with Crippen LogP contribution in [0.15, 0.2) is 0 Å². The normalized spacial score (nSPS) is 34.6. The minimum atomic E-state index is 0. The molecule has 19 heavy (non-hydrogen) atoms. The Labute approximate surface area is 122 Å². The van der Waals surface area contributed by atoms with Gasteiger partial charge < -0.3 is 10.6 Å². The first-order valence-electron chi connectivity index (χ1n) is 7.55. The van der Waals surface area contributed by atoms with E-state index in [4.69, 9.17) is 0 Å². The first-order valence-corrected chi connectivity index (χ1v) is 7.55. The predicted octanol–water partition coefficient (Wildman–Crippen LogP) is 2.49. The summed E-state index contributed by atoms with van der Waals surface area (Å²) in [5, 5.41) is 6.74. The topological polar surface area (TPSA) is 41.1 Å². The summed E-state index contributed by atoms with van der Waals surface area (Å²) in [5.41, 5.74) is 0.671. The number of carbonyl (C=O) groups excluding carboxylic acids is 1. The van der Waals surface area contributed by atoms with Crippen LogP contribution in [0.25, 0.3) is 0 Å². The molecule has 2 saturated carbocycles. The van der Waals surface area contributed by atoms with Crippen LogP contribution in [0.1, 0.15) is 52.4 Å². The van der Waals surface area contributed by atoms with Gasteiger partial charge in [-0.2, -0.15) is 0 Å². The van der Waals surface area contributed by atoms with Crippen LogP contribution in [0, 0.1) is 16.7 Å². The van der Waals surface area contributed by atoms with E-state index in [1.165, 1.54) is 32.1 Å². The van der Waals surface area contributed by atoms with Crippen LogP contribution in [0.4, 0.5) is 0 Å². The van der Waals surface area contributed by atoms with Crippen molar-refractivity contribution in [2.24, 2.45) is 16.7 Å². The molecule has 2 aliphatic carbocycles. The Kier molecular flexibility index (Phi) is 4.18. The van der Waals surface area contributed by atoms with Gasteiger partial charge in [-0.3, -0.25) is 4.79 Å². The van der Waals surface area contributed by atoms with Gasteiger partial charge in [-0.25, -0.2) is 0 Å². The summed E-state index contributed by atoms with van der Waals surface area (Å²) in [7, 11) is 0. The van der Waals surface area contributed by atoms with Crippen molar-refractivity contribution in [1.29, 1.82) is 0 Å². The molecule has 3 fully saturated rings. The number of piperidine rings is 1. The van der Waals surface area contributed by atoms with Crippen LogP contribution in [-0.4, -0.2) is 25.0 Å². The Bertz CT molecular complexity index is 350. The first kappa shape index (κ1) is 15.1. The van der Waals surface area contributed by atoms with E-state index in [2.05, 4.69) is 24.5 Å². The van der Waals surface area contributed by atoms with Gasteiger partial charge in [0.1, 0.15) is 0 Å². The SMILES string of the molecule is CC1(C)CCCC1NC(=O)C1CC12CCNCC2.Cl. The van der Waals surface area contributed by atoms with Crippen LogP contribution in [0.5, 0.6) is 0 Å². The van der Waals surface area contributed by atoms with Crippen molar-refractivity contribution in [1.82, 2.24) is 10.6 Å². The average Bonchev–Trinajstić information content (AvgIpc) is 2.91. The number of amides is 1. The van der Waals surface area contributed by atoms with E-state index in [9.17, 15) is 4.79 Å². The summed E-state index contributed by atoms with van der Waals surface area (Å²) in [6, 6.07) is 0.407. The Morgan fingerprint density at radius 3 is 2.47 bits per heavy atom. The highest BCUT2D eigenvalue weighted by atomic mass is 35.5. The van der Waals surface area contributed by atoms with Crippen molar-refractivity contribution in [2.75, 3.05) is 13.1 Å². The summed E-state index contributed by atoms with van der Waals surface area (Å²) in [6.07, 6.45) is 7.20. The molecule has 0 bridgehead atoms. The van der Waals surface area contributed by atoms with E-state index in [0.29, 0.717) is 28.7 Å². The number of carbonyl (C=O) groups is 1. The van der Waals surface area contributed by atoms with Gasteiger partial charge in [-0.05, 0) is 56.0 Å². The standard InChI is InChI=1S/C15H26N2O.ClH/c1-14(2)5-3-4-12(14)17-13(18)11-10-15(11)6-8-16-9-7-15;/h11-12,16H,3-10H2,1-2H3,(H,17,18);1H. The zero-order chi connectivity index (χ0) is 12.8. The maximum Gasteiger partial charge on any atom is 0.223 e. The monoisotopic (exact) mass is 286 g/mol. The summed E-state index contributed by atoms with van der Waals surface area (Å²) < 4.78 is 0. The number of rotatable bonds is 2. The molecule has 1 aliphatic heterocycles. The smallest absolute Gasteiger partial charge is 0.223 e. The van der Waals surface area contributed by atoms with E-state index in [1.807, 2.05) is 0 Å². The van der Waals surface area contributed by atoms with E-state index >= 15 is 0 Å². The fourth-order valence-corrected chi connectivity index (χ4v) is 4.06. The van der Waals surface area contributed by atoms with Crippen LogP contribution >= 0.6 is 12.4 Å². The molecule has 2 unspecified atom stereocenters. The predicted molar refractivity (Wildman–Crippen MR) is 79.5 cm³/mol. The second-order valence-corrected chi connectivity index (χ2v) is 7.31. The average molecular weight is 287 g/mol. The van der Waals surface area contributed by atoms with Crippen LogP contribution < -0.4 is 10.6 Å². The molecule has 1 amide bonds. The fourth-order valence-electron chi connectivity index (χ4n) is 4.06. The number of nitrogens with one attached hydrogen (secondary N) is 2. The fraction of sp³-hybridized carbons (Fsp3) is 0.933. The molecule has 110 valence electrons. The van der Waals surface area contributed by atoms with Crippen LogP contribution in [0.2, 0.25) is 0 Å². The van der Waals surface area contributed by atoms with Gasteiger partial charge in [-0.15, -0.1) is 12.4 Å². The summed E-state index contributed by atoms with van der Waals surface area (Å²) >= 11 is 0. The second-order valence-electron chi connectivity index (χ2n) is 7.31. The second kappa shape index (κ2) is 5.25. The van der Waals surface area contributed by atoms with Crippen molar-refractivity contribution < 1.29 is 4.79 Å². The molecule has 0 aromatic carbocycles. The number of hydrogen-bond donors (Lipinski definition) is 2. The molecule has 3 aliphatic rings. The molecule has 0 radical (unpaired) electrons. The molecule has 1 spiro atoms. The van der Waals surface area contributed by atoms with Crippen molar-refractivity contribution >= 4 is 18.3 Å². The van der Waals surface area contributed by atoms with Crippen LogP contribution in [-0.2, 0) is 4.79 Å². The minimum Gasteiger partial charge on any atom is -0.353 e. The highest BCUT2D eigenvalue weighted by Gasteiger charge is 2.58. The van der Waals surface area contributed by atoms with Gasteiger partial charge in [0.15, 0.2) is 0 Å². The summed E-state index contributed by atoms with van der Waals surface area (Å²) in [4.78, 5) is 12.4. The van der Waals surface area contributed by atoms with E-state index in [-0.39, 0.29) is 12.4 Å². The van der Waals surface area contributed by atoms with Gasteiger partial charge in [0.25, 0.3) is 0 Å². The Balaban J connectivity index is 0.00000133. The van der Waals surface area contributed by atoms with E-state index < -0.39 is 0 Å². The highest BCUT2D eigenvalue weighted by Crippen LogP contribution is 2.58. The van der Waals surface area contributed by atoms with Crippen molar-refractivity contribution in [3.8, 4) is 0 Å². The Morgan fingerprint density at radius 1 is 1.21 bits per heavy atom. The number of halogens is 1. The lowest BCUT2D eigenvalue weighted by Gasteiger charge is -2.29. The minimum absolute atomic E-state index is 0. The van der Waals surface area contributed by atoms with Gasteiger partial charge in [0.05, 0.1) is 0 Å². The molecular weight excluding hydrogens is 260 g/mol. The molecule has 1 heterocycles. The van der Waals surface area contributed by atoms with E-state index in [0.717, 1.165) is 19.5 Å². The quantitative estimate of drug-likeness (QED) is 0.819. The third-order valence-electron chi connectivity index (χ3n) is 5.68. The molecule has 3 rings (SSSR count). The lowest BCUT2D eigenvalue weighted by Crippen LogP contribution is -2.43. The van der Waals surface area contributed by atoms with Gasteiger partial charge in [-0.1, -0.05) is 20.3 Å². The van der Waals surface area contributed by atoms with Gasteiger partial charge in [0, 0.05) is 12.0 Å². The maximum atomic E-state index is 12.4. The zero-order valence-corrected chi connectivity index (χ0v) is 12.9. The van der Waals surface area contributed by atoms with Crippen molar-refractivity contribution in [2.45, 2.75) is 58.4 Å². The molecular formula is C15H27ClN2O. The lowest BCUT2D eigenvalue weighted by atomic mass is 9.87. The third-order valence-corrected chi connectivity index (χ3v) is 5.68. The van der Waals surface area contributed by atoms with Crippen molar-refractivity contribution in [3.63, 3.8) is 0 Å². The zero-order valence-electron chi connectivity index (χ0n) is 12.1. The van der Waals surface area contributed by atoms with Crippen LogP contribution in [0.3, 0.4) is 0 Å². The Hall–Kier alpha value is -0.280. The largest absolute Gasteiger partial charge is 0.353 e. The molecule has 0 aromatic rings. The van der Waals surface area contributed by atoms with E-state index in [1.54, 1.807) is 0 Å². The van der Waals surface area contributed by atoms with Crippen molar-refractivity contribution in [3.05, 3.63) is 0 Å². The first-order chi connectivity index (χ1) is 8.54. The third kappa shape index (κ3) is 2.78. The lowest BCUT2D eigenvalue weighted by molar-refractivity contribution is -0.124. The molecule has 4 heteroatoms. The molecule has 2 atom stereocenters. The molecule has 1 saturated heterocycles. The summed E-state index contributed by atoms with van der Waals surface area (Å²) in [5.74, 6) is 0.660. The van der Waals surface area contributed by atoms with Gasteiger partial charge in [0.2, 0.25) is 5.91 Å². The Morgan fingerprint density at radius 2 is 1.89 bits per heavy atom. The van der Waals surface area contributed by atoms with Gasteiger partial charge >= 0.3 is 0 Å². The maximum absolute atomic E-state index is 12.4.